The first kappa shape index (κ1) is 16.6. The van der Waals surface area contributed by atoms with Crippen LogP contribution >= 0.6 is 20.3 Å². The van der Waals surface area contributed by atoms with E-state index in [1.807, 2.05) is 6.92 Å². The third-order valence-corrected chi connectivity index (χ3v) is 7.52. The van der Waals surface area contributed by atoms with Gasteiger partial charge in [-0.05, 0) is 34.1 Å². The van der Waals surface area contributed by atoms with E-state index in [0.717, 1.165) is 0 Å². The van der Waals surface area contributed by atoms with Crippen molar-refractivity contribution in [1.82, 2.24) is 4.67 Å². The normalized spacial score (nSPS) is 37.1. The molecule has 2 aliphatic heterocycles. The van der Waals surface area contributed by atoms with Crippen LogP contribution in [0, 0.1) is 6.57 Å². The molecule has 7 heteroatoms. The van der Waals surface area contributed by atoms with E-state index in [2.05, 4.69) is 37.2 Å². The molecular weight excluding hydrogens is 331 g/mol. The molecule has 0 radical (unpaired) electrons. The first-order valence-corrected chi connectivity index (χ1v) is 10.3. The van der Waals surface area contributed by atoms with Crippen molar-refractivity contribution in [2.24, 2.45) is 0 Å². The molecule has 0 amide bonds. The number of rotatable bonds is 9. The standard InChI is InChI=1S/C16H29N2O3PS/c1-7-16-11-23-14(10-19-16)15(16)21-22(20-9-8-17-6)18(12(2)3)13(4)5/h12-15H,7-11H2,1-5H3/t14-,15-,16-,22?/m0/s1/i7D,10T/t7-,10-,14-,15-,16-,22?. The van der Waals surface area contributed by atoms with Crippen LogP contribution in [0.2, 0.25) is 0 Å². The molecule has 0 saturated carbocycles. The van der Waals surface area contributed by atoms with Gasteiger partial charge in [0.25, 0.3) is 8.53 Å². The fraction of sp³-hybridized carbons (Fsp3) is 0.938. The van der Waals surface area contributed by atoms with Crippen LogP contribution in [-0.4, -0.2) is 59.2 Å². The number of nitrogens with zero attached hydrogens (tertiary/aromatic N) is 2. The molecule has 2 bridgehead atoms. The number of hydrogen-bond donors (Lipinski definition) is 0. The molecule has 1 unspecified atom stereocenters. The fourth-order valence-corrected chi connectivity index (χ4v) is 6.26. The molecule has 6 atom stereocenters. The second-order valence-electron chi connectivity index (χ2n) is 6.32. The SMILES string of the molecule is [2H][C@@H](C)[C@@]12CS[C@@H]([C@H]([3H])O1)[C@@H]2OP(OCC[N+]#[C-])N(C(C)C)C(C)C. The van der Waals surface area contributed by atoms with Gasteiger partial charge in [0.2, 0.25) is 6.54 Å². The van der Waals surface area contributed by atoms with E-state index in [9.17, 15) is 0 Å². The predicted octanol–water partition coefficient (Wildman–Crippen LogP) is 3.95. The molecule has 2 heterocycles. The Morgan fingerprint density at radius 2 is 2.26 bits per heavy atom. The van der Waals surface area contributed by atoms with Gasteiger partial charge in [0.1, 0.15) is 18.3 Å². The van der Waals surface area contributed by atoms with Gasteiger partial charge in [-0.2, -0.15) is 11.8 Å². The molecule has 0 aromatic carbocycles. The molecule has 2 fully saturated rings. The minimum atomic E-state index is -1.38. The molecule has 2 rings (SSSR count). The van der Waals surface area contributed by atoms with E-state index in [4.69, 9.17) is 23.1 Å². The van der Waals surface area contributed by atoms with Crippen LogP contribution in [0.1, 0.15) is 43.8 Å². The molecular formula is C16H29N2O3PS. The van der Waals surface area contributed by atoms with E-state index in [0.29, 0.717) is 18.9 Å². The zero-order chi connectivity index (χ0) is 18.8. The Balaban J connectivity index is 2.21. The Hall–Kier alpha value is 0.110. The summed E-state index contributed by atoms with van der Waals surface area (Å²) in [5.41, 5.74) is -0.745. The maximum atomic E-state index is 8.27. The lowest BCUT2D eigenvalue weighted by Gasteiger charge is -2.38. The average molecular weight is 363 g/mol. The molecule has 0 aromatic heterocycles. The van der Waals surface area contributed by atoms with Crippen molar-refractivity contribution in [3.8, 4) is 0 Å². The molecule has 2 saturated heterocycles. The molecule has 132 valence electrons. The lowest BCUT2D eigenvalue weighted by Crippen LogP contribution is -2.42. The van der Waals surface area contributed by atoms with Crippen LogP contribution in [0.25, 0.3) is 4.85 Å². The van der Waals surface area contributed by atoms with E-state index in [1.165, 1.54) is 0 Å². The van der Waals surface area contributed by atoms with Crippen LogP contribution in [0.15, 0.2) is 0 Å². The highest BCUT2D eigenvalue weighted by Crippen LogP contribution is 2.55. The van der Waals surface area contributed by atoms with Gasteiger partial charge in [0.15, 0.2) is 0 Å². The smallest absolute Gasteiger partial charge is 0.259 e. The quantitative estimate of drug-likeness (QED) is 0.352. The summed E-state index contributed by atoms with van der Waals surface area (Å²) in [7, 11) is -1.38. The summed E-state index contributed by atoms with van der Waals surface area (Å²) in [4.78, 5) is 3.36. The van der Waals surface area contributed by atoms with Gasteiger partial charge in [0.05, 0.1) is 13.2 Å². The first-order chi connectivity index (χ1) is 11.7. The molecule has 0 aliphatic carbocycles. The number of thioether (sulfide) groups is 1. The summed E-state index contributed by atoms with van der Waals surface area (Å²) >= 11 is 1.66. The Morgan fingerprint density at radius 1 is 1.57 bits per heavy atom. The Kier molecular flexibility index (Phi) is 6.10. The second kappa shape index (κ2) is 8.47. The molecule has 2 aliphatic rings. The number of ether oxygens (including phenoxy) is 1. The van der Waals surface area contributed by atoms with Crippen molar-refractivity contribution in [3.63, 3.8) is 0 Å². The lowest BCUT2D eigenvalue weighted by atomic mass is 9.97. The van der Waals surface area contributed by atoms with E-state index < -0.39 is 27.1 Å². The van der Waals surface area contributed by atoms with E-state index in [1.54, 1.807) is 11.8 Å². The van der Waals surface area contributed by atoms with Crippen molar-refractivity contribution in [3.05, 3.63) is 11.4 Å². The zero-order valence-corrected chi connectivity index (χ0v) is 16.3. The van der Waals surface area contributed by atoms with Crippen molar-refractivity contribution in [2.45, 2.75) is 70.1 Å². The first-order valence-electron chi connectivity index (χ1n) is 9.25. The van der Waals surface area contributed by atoms with Gasteiger partial charge in [0, 0.05) is 19.2 Å². The van der Waals surface area contributed by atoms with E-state index >= 15 is 0 Å². The minimum Gasteiger partial charge on any atom is -0.370 e. The molecule has 0 aromatic rings. The van der Waals surface area contributed by atoms with Gasteiger partial charge in [-0.15, -0.1) is 0 Å². The Morgan fingerprint density at radius 3 is 2.78 bits per heavy atom. The lowest BCUT2D eigenvalue weighted by molar-refractivity contribution is -0.0349. The largest absolute Gasteiger partial charge is 0.370 e. The maximum absolute atomic E-state index is 8.27. The Labute approximate surface area is 149 Å². The van der Waals surface area contributed by atoms with Crippen LogP contribution < -0.4 is 0 Å². The summed E-state index contributed by atoms with van der Waals surface area (Å²) < 4.78 is 36.9. The van der Waals surface area contributed by atoms with Crippen molar-refractivity contribution >= 4 is 20.3 Å². The minimum absolute atomic E-state index is 0.0940. The number of fused-ring (bicyclic) bond motifs is 2. The molecule has 0 spiro atoms. The third kappa shape index (κ3) is 4.21. The average Bonchev–Trinajstić information content (AvgIpc) is 2.99. The van der Waals surface area contributed by atoms with Crippen molar-refractivity contribution in [2.75, 3.05) is 25.5 Å². The summed E-state index contributed by atoms with van der Waals surface area (Å²) in [5, 5.41) is -0.0940. The Bertz CT molecular complexity index is 486. The molecule has 5 nitrogen and oxygen atoms in total. The van der Waals surface area contributed by atoms with Crippen molar-refractivity contribution < 1.29 is 16.5 Å². The van der Waals surface area contributed by atoms with Crippen LogP contribution in [0.5, 0.6) is 0 Å². The third-order valence-electron chi connectivity index (χ3n) is 4.05. The molecule has 0 N–H and O–H groups in total. The highest BCUT2D eigenvalue weighted by molar-refractivity contribution is 8.00. The van der Waals surface area contributed by atoms with E-state index in [-0.39, 0.29) is 23.4 Å². The van der Waals surface area contributed by atoms with Crippen LogP contribution in [0.4, 0.5) is 0 Å². The zero-order valence-electron chi connectivity index (χ0n) is 16.6. The summed E-state index contributed by atoms with van der Waals surface area (Å²) in [5.74, 6) is 0.678. The summed E-state index contributed by atoms with van der Waals surface area (Å²) in [6.45, 7) is 17.1. The second-order valence-corrected chi connectivity index (χ2v) is 8.89. The summed E-state index contributed by atoms with van der Waals surface area (Å²) in [6.07, 6.45) is -0.802. The van der Waals surface area contributed by atoms with Gasteiger partial charge in [-0.25, -0.2) is 11.2 Å². The number of hydrogen-bond acceptors (Lipinski definition) is 5. The topological polar surface area (TPSA) is 35.3 Å². The monoisotopic (exact) mass is 363 g/mol. The highest BCUT2D eigenvalue weighted by Gasteiger charge is 2.57. The van der Waals surface area contributed by atoms with Gasteiger partial charge in [-0.3, -0.25) is 0 Å². The van der Waals surface area contributed by atoms with Gasteiger partial charge >= 0.3 is 0 Å². The maximum Gasteiger partial charge on any atom is 0.259 e. The fourth-order valence-electron chi connectivity index (χ4n) is 2.93. The van der Waals surface area contributed by atoms with Gasteiger partial charge in [-0.1, -0.05) is 6.92 Å². The van der Waals surface area contributed by atoms with Crippen molar-refractivity contribution in [1.29, 1.82) is 0 Å². The summed E-state index contributed by atoms with van der Waals surface area (Å²) in [6, 6.07) is 0.450. The van der Waals surface area contributed by atoms with Crippen LogP contribution in [0.3, 0.4) is 0 Å². The molecule has 23 heavy (non-hydrogen) atoms. The highest BCUT2D eigenvalue weighted by atomic mass is 32.2. The van der Waals surface area contributed by atoms with Gasteiger partial charge < -0.3 is 18.6 Å². The van der Waals surface area contributed by atoms with Crippen LogP contribution in [-0.2, 0) is 13.8 Å². The predicted molar refractivity (Wildman–Crippen MR) is 96.5 cm³/mol.